The summed E-state index contributed by atoms with van der Waals surface area (Å²) < 4.78 is 0. The van der Waals surface area contributed by atoms with Gasteiger partial charge in [0.2, 0.25) is 0 Å². The third kappa shape index (κ3) is 6.03. The predicted molar refractivity (Wildman–Crippen MR) is 76.3 cm³/mol. The number of nitrogens with zero attached hydrogens (tertiary/aromatic N) is 1. The number of halogens is 1. The Balaban J connectivity index is 2.47. The van der Waals surface area contributed by atoms with Crippen LogP contribution in [0.2, 0.25) is 5.15 Å². The van der Waals surface area contributed by atoms with Gasteiger partial charge >= 0.3 is 0 Å². The zero-order valence-corrected chi connectivity index (χ0v) is 12.4. The van der Waals surface area contributed by atoms with Gasteiger partial charge in [0.1, 0.15) is 5.15 Å². The molecule has 19 heavy (non-hydrogen) atoms. The Morgan fingerprint density at radius 3 is 2.74 bits per heavy atom. The van der Waals surface area contributed by atoms with Crippen LogP contribution in [0.1, 0.15) is 44.0 Å². The van der Waals surface area contributed by atoms with Crippen LogP contribution in [0.15, 0.2) is 18.3 Å². The molecule has 0 fully saturated rings. The summed E-state index contributed by atoms with van der Waals surface area (Å²) in [6, 6.07) is 3.17. The number of carbonyl (C=O) groups is 1. The first-order valence-electron chi connectivity index (χ1n) is 6.42. The van der Waals surface area contributed by atoms with Crippen LogP contribution in [-0.4, -0.2) is 28.1 Å². The average molecular weight is 285 g/mol. The van der Waals surface area contributed by atoms with Crippen molar-refractivity contribution >= 4 is 17.5 Å². The second-order valence-corrected chi connectivity index (χ2v) is 5.87. The third-order valence-electron chi connectivity index (χ3n) is 2.88. The summed E-state index contributed by atoms with van der Waals surface area (Å²) in [5.74, 6) is 0.275. The highest BCUT2D eigenvalue weighted by molar-refractivity contribution is 6.29. The molecule has 0 bridgehead atoms. The maximum Gasteiger partial charge on any atom is 0.252 e. The SMILES string of the molecule is CC(C)CCC(C)(O)CNC(=O)c1ccc(Cl)nc1. The van der Waals surface area contributed by atoms with E-state index in [-0.39, 0.29) is 12.5 Å². The molecule has 0 aliphatic heterocycles. The lowest BCUT2D eigenvalue weighted by Crippen LogP contribution is -2.40. The topological polar surface area (TPSA) is 62.2 Å². The van der Waals surface area contributed by atoms with Crippen molar-refractivity contribution in [3.63, 3.8) is 0 Å². The van der Waals surface area contributed by atoms with E-state index >= 15 is 0 Å². The number of pyridine rings is 1. The zero-order chi connectivity index (χ0) is 14.5. The number of amides is 1. The van der Waals surface area contributed by atoms with Gasteiger partial charge in [-0.1, -0.05) is 25.4 Å². The van der Waals surface area contributed by atoms with E-state index in [2.05, 4.69) is 24.1 Å². The number of hydrogen-bond acceptors (Lipinski definition) is 3. The maximum absolute atomic E-state index is 11.8. The van der Waals surface area contributed by atoms with Crippen LogP contribution in [0.25, 0.3) is 0 Å². The highest BCUT2D eigenvalue weighted by atomic mass is 35.5. The molecule has 0 aliphatic rings. The van der Waals surface area contributed by atoms with Gasteiger partial charge in [0.15, 0.2) is 0 Å². The summed E-state index contributed by atoms with van der Waals surface area (Å²) in [4.78, 5) is 15.7. The minimum atomic E-state index is -0.889. The molecule has 1 atom stereocenters. The first-order valence-corrected chi connectivity index (χ1v) is 6.80. The molecule has 1 rings (SSSR count). The maximum atomic E-state index is 11.8. The largest absolute Gasteiger partial charge is 0.388 e. The monoisotopic (exact) mass is 284 g/mol. The molecule has 0 radical (unpaired) electrons. The second-order valence-electron chi connectivity index (χ2n) is 5.48. The van der Waals surface area contributed by atoms with E-state index in [1.807, 2.05) is 0 Å². The fourth-order valence-electron chi connectivity index (χ4n) is 1.57. The molecule has 106 valence electrons. The number of aromatic nitrogens is 1. The van der Waals surface area contributed by atoms with E-state index < -0.39 is 5.60 Å². The molecule has 5 heteroatoms. The normalized spacial score (nSPS) is 14.2. The molecule has 1 aromatic rings. The molecular weight excluding hydrogens is 264 g/mol. The fraction of sp³-hybridized carbons (Fsp3) is 0.571. The molecule has 0 spiro atoms. The molecule has 0 saturated heterocycles. The Hall–Kier alpha value is -1.13. The highest BCUT2D eigenvalue weighted by Crippen LogP contribution is 2.15. The Labute approximate surface area is 119 Å². The van der Waals surface area contributed by atoms with Crippen molar-refractivity contribution in [2.75, 3.05) is 6.54 Å². The molecule has 1 heterocycles. The van der Waals surface area contributed by atoms with Crippen molar-refractivity contribution in [1.82, 2.24) is 10.3 Å². The Morgan fingerprint density at radius 1 is 1.53 bits per heavy atom. The van der Waals surface area contributed by atoms with Crippen molar-refractivity contribution < 1.29 is 9.90 Å². The Kier molecular flexibility index (Phi) is 5.76. The van der Waals surface area contributed by atoms with Gasteiger partial charge in [0.05, 0.1) is 11.2 Å². The molecule has 0 aromatic carbocycles. The smallest absolute Gasteiger partial charge is 0.252 e. The van der Waals surface area contributed by atoms with Crippen LogP contribution >= 0.6 is 11.6 Å². The summed E-state index contributed by atoms with van der Waals surface area (Å²) in [5.41, 5.74) is -0.455. The first-order chi connectivity index (χ1) is 8.80. The number of nitrogens with one attached hydrogen (secondary N) is 1. The summed E-state index contributed by atoms with van der Waals surface area (Å²) in [6.45, 7) is 6.17. The summed E-state index contributed by atoms with van der Waals surface area (Å²) in [5, 5.41) is 13.2. The van der Waals surface area contributed by atoms with Gasteiger partial charge in [-0.25, -0.2) is 4.98 Å². The van der Waals surface area contributed by atoms with Crippen molar-refractivity contribution in [2.45, 2.75) is 39.2 Å². The first kappa shape index (κ1) is 15.9. The number of rotatable bonds is 6. The molecular formula is C14H21ClN2O2. The van der Waals surface area contributed by atoms with Crippen LogP contribution in [-0.2, 0) is 0 Å². The molecule has 1 unspecified atom stereocenters. The summed E-state index contributed by atoms with van der Waals surface area (Å²) in [7, 11) is 0. The molecule has 4 nitrogen and oxygen atoms in total. The van der Waals surface area contributed by atoms with Crippen LogP contribution in [0.3, 0.4) is 0 Å². The van der Waals surface area contributed by atoms with E-state index in [9.17, 15) is 9.90 Å². The van der Waals surface area contributed by atoms with Gasteiger partial charge < -0.3 is 10.4 Å². The quantitative estimate of drug-likeness (QED) is 0.790. The van der Waals surface area contributed by atoms with Gasteiger partial charge in [-0.15, -0.1) is 0 Å². The zero-order valence-electron chi connectivity index (χ0n) is 11.6. The van der Waals surface area contributed by atoms with Gasteiger partial charge in [-0.2, -0.15) is 0 Å². The second kappa shape index (κ2) is 6.87. The third-order valence-corrected chi connectivity index (χ3v) is 3.10. The van der Waals surface area contributed by atoms with Crippen molar-refractivity contribution in [1.29, 1.82) is 0 Å². The van der Waals surface area contributed by atoms with Gasteiger partial charge in [-0.05, 0) is 37.8 Å². The van der Waals surface area contributed by atoms with E-state index in [1.54, 1.807) is 19.1 Å². The minimum Gasteiger partial charge on any atom is -0.388 e. The molecule has 1 aromatic heterocycles. The average Bonchev–Trinajstić information content (AvgIpc) is 2.35. The van der Waals surface area contributed by atoms with Crippen molar-refractivity contribution in [3.05, 3.63) is 29.0 Å². The fourth-order valence-corrected chi connectivity index (χ4v) is 1.68. The molecule has 0 aliphatic carbocycles. The van der Waals surface area contributed by atoms with Crippen LogP contribution < -0.4 is 5.32 Å². The lowest BCUT2D eigenvalue weighted by Gasteiger charge is -2.24. The highest BCUT2D eigenvalue weighted by Gasteiger charge is 2.21. The van der Waals surface area contributed by atoms with Crippen LogP contribution in [0, 0.1) is 5.92 Å². The Bertz CT molecular complexity index is 416. The standard InChI is InChI=1S/C14H21ClN2O2/c1-10(2)6-7-14(3,19)9-17-13(18)11-4-5-12(15)16-8-11/h4-5,8,10,19H,6-7,9H2,1-3H3,(H,17,18). The van der Waals surface area contributed by atoms with E-state index in [1.165, 1.54) is 6.20 Å². The van der Waals surface area contributed by atoms with E-state index in [0.717, 1.165) is 6.42 Å². The van der Waals surface area contributed by atoms with E-state index in [0.29, 0.717) is 23.1 Å². The number of carbonyl (C=O) groups excluding carboxylic acids is 1. The lowest BCUT2D eigenvalue weighted by atomic mass is 9.95. The van der Waals surface area contributed by atoms with E-state index in [4.69, 9.17) is 11.6 Å². The molecule has 1 amide bonds. The van der Waals surface area contributed by atoms with Gasteiger partial charge in [0.25, 0.3) is 5.91 Å². The number of hydrogen-bond donors (Lipinski definition) is 2. The van der Waals surface area contributed by atoms with Crippen LogP contribution in [0.4, 0.5) is 0 Å². The van der Waals surface area contributed by atoms with Crippen molar-refractivity contribution in [3.8, 4) is 0 Å². The van der Waals surface area contributed by atoms with Gasteiger partial charge in [0, 0.05) is 12.7 Å². The Morgan fingerprint density at radius 2 is 2.21 bits per heavy atom. The van der Waals surface area contributed by atoms with Crippen LogP contribution in [0.5, 0.6) is 0 Å². The van der Waals surface area contributed by atoms with Gasteiger partial charge in [-0.3, -0.25) is 4.79 Å². The van der Waals surface area contributed by atoms with Crippen molar-refractivity contribution in [2.24, 2.45) is 5.92 Å². The summed E-state index contributed by atoms with van der Waals surface area (Å²) in [6.07, 6.45) is 3.00. The lowest BCUT2D eigenvalue weighted by molar-refractivity contribution is 0.0429. The molecule has 2 N–H and O–H groups in total. The summed E-state index contributed by atoms with van der Waals surface area (Å²) >= 11 is 5.65. The predicted octanol–water partition coefficient (Wildman–Crippen LogP) is 2.65. The minimum absolute atomic E-state index is 0.223. The molecule has 0 saturated carbocycles. The number of aliphatic hydroxyl groups is 1.